The van der Waals surface area contributed by atoms with Gasteiger partial charge in [-0.3, -0.25) is 0 Å². The lowest BCUT2D eigenvalue weighted by atomic mass is 9.94. The van der Waals surface area contributed by atoms with Crippen molar-refractivity contribution in [3.05, 3.63) is 35.4 Å². The summed E-state index contributed by atoms with van der Waals surface area (Å²) < 4.78 is 0. The lowest BCUT2D eigenvalue weighted by Gasteiger charge is -2.23. The van der Waals surface area contributed by atoms with Crippen molar-refractivity contribution in [2.45, 2.75) is 53.1 Å². The van der Waals surface area contributed by atoms with Gasteiger partial charge >= 0.3 is 0 Å². The molecular formula is C15H25N. The number of hydrogen-bond acceptors (Lipinski definition) is 1. The van der Waals surface area contributed by atoms with Gasteiger partial charge in [-0.2, -0.15) is 0 Å². The largest absolute Gasteiger partial charge is 0.312 e. The summed E-state index contributed by atoms with van der Waals surface area (Å²) in [4.78, 5) is 0. The lowest BCUT2D eigenvalue weighted by Crippen LogP contribution is -2.37. The molecule has 90 valence electrons. The highest BCUT2D eigenvalue weighted by molar-refractivity contribution is 5.21. The molecule has 0 aliphatic carbocycles. The van der Waals surface area contributed by atoms with Gasteiger partial charge in [0.1, 0.15) is 0 Å². The van der Waals surface area contributed by atoms with E-state index in [0.29, 0.717) is 18.0 Å². The quantitative estimate of drug-likeness (QED) is 0.798. The van der Waals surface area contributed by atoms with Gasteiger partial charge in [-0.15, -0.1) is 0 Å². The van der Waals surface area contributed by atoms with E-state index in [1.54, 1.807) is 0 Å². The zero-order valence-corrected chi connectivity index (χ0v) is 11.2. The van der Waals surface area contributed by atoms with Gasteiger partial charge in [0.05, 0.1) is 0 Å². The molecule has 2 unspecified atom stereocenters. The van der Waals surface area contributed by atoms with Gasteiger partial charge in [0.25, 0.3) is 0 Å². The fraction of sp³-hybridized carbons (Fsp3) is 0.600. The summed E-state index contributed by atoms with van der Waals surface area (Å²) in [6.07, 6.45) is 1.15. The Bertz CT molecular complexity index is 300. The van der Waals surface area contributed by atoms with Crippen LogP contribution in [0.4, 0.5) is 0 Å². The average molecular weight is 219 g/mol. The second-order valence-corrected chi connectivity index (χ2v) is 5.28. The molecule has 0 amide bonds. The molecule has 1 N–H and O–H groups in total. The molecule has 0 fully saturated rings. The minimum absolute atomic E-state index is 0.565. The molecule has 1 aromatic rings. The number of hydrogen-bond donors (Lipinski definition) is 1. The molecule has 0 bridgehead atoms. The third kappa shape index (κ3) is 4.36. The second kappa shape index (κ2) is 6.05. The van der Waals surface area contributed by atoms with Crippen molar-refractivity contribution in [2.24, 2.45) is 5.92 Å². The van der Waals surface area contributed by atoms with E-state index >= 15 is 0 Å². The first-order valence-electron chi connectivity index (χ1n) is 6.30. The van der Waals surface area contributed by atoms with E-state index in [-0.39, 0.29) is 0 Å². The van der Waals surface area contributed by atoms with Crippen LogP contribution in [0, 0.1) is 12.8 Å². The van der Waals surface area contributed by atoms with Crippen LogP contribution < -0.4 is 5.32 Å². The molecule has 1 heteroatoms. The van der Waals surface area contributed by atoms with Crippen molar-refractivity contribution >= 4 is 0 Å². The molecular weight excluding hydrogens is 194 g/mol. The van der Waals surface area contributed by atoms with Gasteiger partial charge in [-0.25, -0.2) is 0 Å². The molecule has 1 aromatic carbocycles. The van der Waals surface area contributed by atoms with Crippen molar-refractivity contribution in [3.8, 4) is 0 Å². The number of benzene rings is 1. The Hall–Kier alpha value is -0.820. The zero-order valence-electron chi connectivity index (χ0n) is 11.2. The SMILES string of the molecule is Cc1ccc(CC(C)C(C)NC(C)C)cc1. The van der Waals surface area contributed by atoms with E-state index in [4.69, 9.17) is 0 Å². The molecule has 0 aliphatic heterocycles. The van der Waals surface area contributed by atoms with Gasteiger partial charge in [-0.05, 0) is 31.7 Å². The summed E-state index contributed by atoms with van der Waals surface area (Å²) in [6, 6.07) is 10.0. The van der Waals surface area contributed by atoms with E-state index in [1.807, 2.05) is 0 Å². The summed E-state index contributed by atoms with van der Waals surface area (Å²) in [7, 11) is 0. The maximum atomic E-state index is 3.57. The summed E-state index contributed by atoms with van der Waals surface area (Å²) in [5, 5.41) is 3.57. The number of nitrogens with one attached hydrogen (secondary N) is 1. The van der Waals surface area contributed by atoms with Crippen LogP contribution in [0.15, 0.2) is 24.3 Å². The average Bonchev–Trinajstić information content (AvgIpc) is 2.20. The molecule has 0 aromatic heterocycles. The minimum atomic E-state index is 0.565. The Labute approximate surface area is 100 Å². The number of aryl methyl sites for hydroxylation is 1. The van der Waals surface area contributed by atoms with Crippen molar-refractivity contribution in [1.82, 2.24) is 5.32 Å². The Morgan fingerprint density at radius 3 is 2.06 bits per heavy atom. The molecule has 16 heavy (non-hydrogen) atoms. The van der Waals surface area contributed by atoms with Crippen LogP contribution in [-0.4, -0.2) is 12.1 Å². The molecule has 0 radical (unpaired) electrons. The molecule has 2 atom stereocenters. The molecule has 0 heterocycles. The predicted molar refractivity (Wildman–Crippen MR) is 71.8 cm³/mol. The van der Waals surface area contributed by atoms with Crippen LogP contribution in [-0.2, 0) is 6.42 Å². The van der Waals surface area contributed by atoms with Crippen LogP contribution >= 0.6 is 0 Å². The Kier molecular flexibility index (Phi) is 5.01. The smallest absolute Gasteiger partial charge is 0.00698 e. The summed E-state index contributed by atoms with van der Waals surface area (Å²) in [5.41, 5.74) is 2.78. The standard InChI is InChI=1S/C15H25N/c1-11(2)16-14(5)13(4)10-15-8-6-12(3)7-9-15/h6-9,11,13-14,16H,10H2,1-5H3. The Morgan fingerprint density at radius 2 is 1.56 bits per heavy atom. The van der Waals surface area contributed by atoms with Gasteiger partial charge in [-0.1, -0.05) is 50.6 Å². The fourth-order valence-corrected chi connectivity index (χ4v) is 1.96. The third-order valence-corrected chi connectivity index (χ3v) is 3.13. The molecule has 0 aliphatic rings. The van der Waals surface area contributed by atoms with Crippen LogP contribution in [0.25, 0.3) is 0 Å². The predicted octanol–water partition coefficient (Wildman–Crippen LogP) is 3.56. The summed E-state index contributed by atoms with van der Waals surface area (Å²) >= 11 is 0. The van der Waals surface area contributed by atoms with E-state index in [1.165, 1.54) is 11.1 Å². The van der Waals surface area contributed by atoms with E-state index < -0.39 is 0 Å². The first-order valence-corrected chi connectivity index (χ1v) is 6.30. The maximum Gasteiger partial charge on any atom is 0.00698 e. The third-order valence-electron chi connectivity index (χ3n) is 3.13. The normalized spacial score (nSPS) is 15.1. The van der Waals surface area contributed by atoms with Crippen LogP contribution in [0.5, 0.6) is 0 Å². The Balaban J connectivity index is 2.50. The maximum absolute atomic E-state index is 3.57. The first-order chi connectivity index (χ1) is 7.49. The second-order valence-electron chi connectivity index (χ2n) is 5.28. The van der Waals surface area contributed by atoms with Gasteiger partial charge < -0.3 is 5.32 Å². The van der Waals surface area contributed by atoms with E-state index in [9.17, 15) is 0 Å². The van der Waals surface area contributed by atoms with E-state index in [0.717, 1.165) is 6.42 Å². The summed E-state index contributed by atoms with van der Waals surface area (Å²) in [6.45, 7) is 11.1. The van der Waals surface area contributed by atoms with Gasteiger partial charge in [0, 0.05) is 12.1 Å². The Morgan fingerprint density at radius 1 is 1.00 bits per heavy atom. The topological polar surface area (TPSA) is 12.0 Å². The molecule has 0 saturated heterocycles. The molecule has 1 rings (SSSR count). The first kappa shape index (κ1) is 13.2. The number of rotatable bonds is 5. The van der Waals surface area contributed by atoms with Gasteiger partial charge in [0.2, 0.25) is 0 Å². The fourth-order valence-electron chi connectivity index (χ4n) is 1.96. The van der Waals surface area contributed by atoms with Gasteiger partial charge in [0.15, 0.2) is 0 Å². The van der Waals surface area contributed by atoms with Crippen LogP contribution in [0.3, 0.4) is 0 Å². The van der Waals surface area contributed by atoms with Crippen molar-refractivity contribution in [1.29, 1.82) is 0 Å². The van der Waals surface area contributed by atoms with Crippen LogP contribution in [0.2, 0.25) is 0 Å². The molecule has 0 spiro atoms. The van der Waals surface area contributed by atoms with E-state index in [2.05, 4.69) is 64.2 Å². The zero-order chi connectivity index (χ0) is 12.1. The highest BCUT2D eigenvalue weighted by atomic mass is 14.9. The van der Waals surface area contributed by atoms with Crippen LogP contribution in [0.1, 0.15) is 38.8 Å². The van der Waals surface area contributed by atoms with Crippen molar-refractivity contribution in [2.75, 3.05) is 0 Å². The highest BCUT2D eigenvalue weighted by Crippen LogP contribution is 2.13. The minimum Gasteiger partial charge on any atom is -0.312 e. The van der Waals surface area contributed by atoms with Crippen molar-refractivity contribution < 1.29 is 0 Å². The monoisotopic (exact) mass is 219 g/mol. The highest BCUT2D eigenvalue weighted by Gasteiger charge is 2.13. The summed E-state index contributed by atoms with van der Waals surface area (Å²) in [5.74, 6) is 0.671. The molecule has 0 saturated carbocycles. The lowest BCUT2D eigenvalue weighted by molar-refractivity contribution is 0.372. The van der Waals surface area contributed by atoms with Crippen molar-refractivity contribution in [3.63, 3.8) is 0 Å². The molecule has 1 nitrogen and oxygen atoms in total.